The van der Waals surface area contributed by atoms with E-state index >= 15 is 0 Å². The van der Waals surface area contributed by atoms with Gasteiger partial charge in [-0.2, -0.15) is 0 Å². The van der Waals surface area contributed by atoms with Crippen LogP contribution in [0.5, 0.6) is 5.75 Å². The molecule has 2 aromatic carbocycles. The van der Waals surface area contributed by atoms with E-state index in [1.165, 1.54) is 0 Å². The van der Waals surface area contributed by atoms with Crippen molar-refractivity contribution in [2.24, 2.45) is 0 Å². The second-order valence-corrected chi connectivity index (χ2v) is 9.43. The minimum Gasteiger partial charge on any atom is -0.494 e. The van der Waals surface area contributed by atoms with Gasteiger partial charge >= 0.3 is 0 Å². The van der Waals surface area contributed by atoms with Gasteiger partial charge in [0.1, 0.15) is 11.3 Å². The summed E-state index contributed by atoms with van der Waals surface area (Å²) in [6.07, 6.45) is 0.867. The minimum atomic E-state index is -0.0426. The van der Waals surface area contributed by atoms with Gasteiger partial charge in [-0.15, -0.1) is 0 Å². The molecule has 1 fully saturated rings. The van der Waals surface area contributed by atoms with Crippen molar-refractivity contribution in [2.45, 2.75) is 13.3 Å². The Bertz CT molecular complexity index is 1070. The van der Waals surface area contributed by atoms with Gasteiger partial charge in [0.05, 0.1) is 25.0 Å². The van der Waals surface area contributed by atoms with Crippen molar-refractivity contribution in [3.8, 4) is 5.75 Å². The first-order valence-corrected chi connectivity index (χ1v) is 12.0. The van der Waals surface area contributed by atoms with Crippen molar-refractivity contribution in [2.75, 3.05) is 51.4 Å². The molecule has 6 nitrogen and oxygen atoms in total. The number of amides is 1. The number of fused-ring (bicyclic) bond motifs is 1. The molecule has 4 rings (SSSR count). The van der Waals surface area contributed by atoms with Crippen LogP contribution in [-0.4, -0.2) is 62.3 Å². The molecule has 0 unspecified atom stereocenters. The molecule has 31 heavy (non-hydrogen) atoms. The molecule has 0 radical (unpaired) electrons. The van der Waals surface area contributed by atoms with Crippen LogP contribution < -0.4 is 9.64 Å². The van der Waals surface area contributed by atoms with Crippen LogP contribution in [-0.2, 0) is 4.74 Å². The Balaban J connectivity index is 1.63. The number of hydrogen-bond donors (Lipinski definition) is 0. The zero-order valence-electron chi connectivity index (χ0n) is 17.8. The number of thiazole rings is 1. The Morgan fingerprint density at radius 2 is 2.10 bits per heavy atom. The number of morpholine rings is 1. The number of carbonyl (C=O) groups excluding carboxylic acids is 1. The Morgan fingerprint density at radius 3 is 2.84 bits per heavy atom. The monoisotopic (exact) mass is 503 g/mol. The molecular weight excluding hydrogens is 478 g/mol. The molecule has 0 spiro atoms. The van der Waals surface area contributed by atoms with Crippen LogP contribution >= 0.6 is 27.3 Å². The van der Waals surface area contributed by atoms with Crippen molar-refractivity contribution in [3.63, 3.8) is 0 Å². The van der Waals surface area contributed by atoms with Crippen LogP contribution in [0.25, 0.3) is 10.2 Å². The van der Waals surface area contributed by atoms with Gasteiger partial charge in [-0.1, -0.05) is 39.4 Å². The number of halogens is 1. The quantitative estimate of drug-likeness (QED) is 0.465. The Hall–Kier alpha value is -2.00. The van der Waals surface area contributed by atoms with Gasteiger partial charge in [0, 0.05) is 36.2 Å². The molecule has 0 atom stereocenters. The predicted molar refractivity (Wildman–Crippen MR) is 129 cm³/mol. The van der Waals surface area contributed by atoms with Gasteiger partial charge < -0.3 is 9.47 Å². The lowest BCUT2D eigenvalue weighted by atomic mass is 10.2. The van der Waals surface area contributed by atoms with Gasteiger partial charge in [-0.3, -0.25) is 14.6 Å². The molecule has 1 saturated heterocycles. The van der Waals surface area contributed by atoms with Gasteiger partial charge in [-0.05, 0) is 43.2 Å². The predicted octanol–water partition coefficient (Wildman–Crippen LogP) is 4.74. The third-order valence-corrected chi connectivity index (χ3v) is 7.13. The molecule has 8 heteroatoms. The Morgan fingerprint density at radius 1 is 1.29 bits per heavy atom. The summed E-state index contributed by atoms with van der Waals surface area (Å²) in [5, 5.41) is 0.703. The second kappa shape index (κ2) is 10.1. The maximum Gasteiger partial charge on any atom is 0.260 e. The summed E-state index contributed by atoms with van der Waals surface area (Å²) in [7, 11) is 1.65. The maximum absolute atomic E-state index is 13.5. The Labute approximate surface area is 194 Å². The van der Waals surface area contributed by atoms with Gasteiger partial charge in [0.2, 0.25) is 0 Å². The SMILES string of the molecule is COc1ccc(C)c2sc(N(CCCN3CCOCC3)C(=O)c3cccc(Br)c3)nc12. The smallest absolute Gasteiger partial charge is 0.260 e. The van der Waals surface area contributed by atoms with Crippen molar-refractivity contribution in [1.82, 2.24) is 9.88 Å². The van der Waals surface area contributed by atoms with Crippen LogP contribution in [0, 0.1) is 6.92 Å². The topological polar surface area (TPSA) is 54.9 Å². The third-order valence-electron chi connectivity index (χ3n) is 5.42. The highest BCUT2D eigenvalue weighted by Crippen LogP contribution is 2.37. The normalized spacial score (nSPS) is 14.7. The third kappa shape index (κ3) is 5.09. The lowest BCUT2D eigenvalue weighted by Gasteiger charge is -2.27. The molecule has 0 aliphatic carbocycles. The number of aryl methyl sites for hydroxylation is 1. The zero-order chi connectivity index (χ0) is 21.8. The zero-order valence-corrected chi connectivity index (χ0v) is 20.2. The highest BCUT2D eigenvalue weighted by Gasteiger charge is 2.23. The number of benzene rings is 2. The van der Waals surface area contributed by atoms with Crippen molar-refractivity contribution >= 4 is 48.5 Å². The maximum atomic E-state index is 13.5. The molecule has 1 amide bonds. The van der Waals surface area contributed by atoms with Gasteiger partial charge in [-0.25, -0.2) is 4.98 Å². The van der Waals surface area contributed by atoms with E-state index in [-0.39, 0.29) is 5.91 Å². The van der Waals surface area contributed by atoms with Crippen molar-refractivity contribution in [3.05, 3.63) is 52.0 Å². The number of anilines is 1. The molecule has 164 valence electrons. The molecule has 0 bridgehead atoms. The first-order chi connectivity index (χ1) is 15.1. The molecule has 1 aliphatic heterocycles. The van der Waals surface area contributed by atoms with E-state index in [9.17, 15) is 4.79 Å². The summed E-state index contributed by atoms with van der Waals surface area (Å²) in [4.78, 5) is 22.5. The molecule has 3 aromatic rings. The largest absolute Gasteiger partial charge is 0.494 e. The van der Waals surface area contributed by atoms with Crippen LogP contribution in [0.15, 0.2) is 40.9 Å². The van der Waals surface area contributed by atoms with E-state index in [2.05, 4.69) is 27.8 Å². The van der Waals surface area contributed by atoms with Crippen LogP contribution in [0.2, 0.25) is 0 Å². The summed E-state index contributed by atoms with van der Waals surface area (Å²) >= 11 is 5.02. The second-order valence-electron chi connectivity index (χ2n) is 7.53. The van der Waals surface area contributed by atoms with Crippen molar-refractivity contribution in [1.29, 1.82) is 0 Å². The molecule has 1 aliphatic rings. The first kappa shape index (κ1) is 22.2. The van der Waals surface area contributed by atoms with Crippen LogP contribution in [0.1, 0.15) is 22.3 Å². The highest BCUT2D eigenvalue weighted by molar-refractivity contribution is 9.10. The van der Waals surface area contributed by atoms with E-state index < -0.39 is 0 Å². The molecular formula is C23H26BrN3O3S. The number of ether oxygens (including phenoxy) is 2. The molecule has 1 aromatic heterocycles. The summed E-state index contributed by atoms with van der Waals surface area (Å²) in [5.41, 5.74) is 2.58. The lowest BCUT2D eigenvalue weighted by molar-refractivity contribution is 0.0376. The van der Waals surface area contributed by atoms with E-state index in [0.717, 1.165) is 65.3 Å². The highest BCUT2D eigenvalue weighted by atomic mass is 79.9. The fourth-order valence-corrected chi connectivity index (χ4v) is 5.19. The van der Waals surface area contributed by atoms with E-state index in [0.29, 0.717) is 17.2 Å². The fraction of sp³-hybridized carbons (Fsp3) is 0.391. The van der Waals surface area contributed by atoms with E-state index in [4.69, 9.17) is 14.5 Å². The van der Waals surface area contributed by atoms with Crippen LogP contribution in [0.4, 0.5) is 5.13 Å². The molecule has 2 heterocycles. The number of nitrogens with zero attached hydrogens (tertiary/aromatic N) is 3. The van der Waals surface area contributed by atoms with Crippen LogP contribution in [0.3, 0.4) is 0 Å². The average molecular weight is 504 g/mol. The number of carbonyl (C=O) groups is 1. The summed E-state index contributed by atoms with van der Waals surface area (Å²) in [6.45, 7) is 7.02. The molecule has 0 saturated carbocycles. The number of aromatic nitrogens is 1. The van der Waals surface area contributed by atoms with E-state index in [1.54, 1.807) is 18.4 Å². The standard InChI is InChI=1S/C23H26BrN3O3S/c1-16-7-8-19(29-2)20-21(16)31-23(25-20)27(10-4-9-26-11-13-30-14-12-26)22(28)17-5-3-6-18(24)15-17/h3,5-8,15H,4,9-14H2,1-2H3. The summed E-state index contributed by atoms with van der Waals surface area (Å²) in [5.74, 6) is 0.685. The van der Waals surface area contributed by atoms with Gasteiger partial charge in [0.15, 0.2) is 5.13 Å². The fourth-order valence-electron chi connectivity index (χ4n) is 3.72. The molecule has 0 N–H and O–H groups in total. The van der Waals surface area contributed by atoms with Gasteiger partial charge in [0.25, 0.3) is 5.91 Å². The lowest BCUT2D eigenvalue weighted by Crippen LogP contribution is -2.39. The Kier molecular flexibility index (Phi) is 7.22. The first-order valence-electron chi connectivity index (χ1n) is 10.4. The van der Waals surface area contributed by atoms with E-state index in [1.807, 2.05) is 41.3 Å². The summed E-state index contributed by atoms with van der Waals surface area (Å²) in [6, 6.07) is 11.5. The van der Waals surface area contributed by atoms with Crippen molar-refractivity contribution < 1.29 is 14.3 Å². The number of hydrogen-bond acceptors (Lipinski definition) is 6. The minimum absolute atomic E-state index is 0.0426. The summed E-state index contributed by atoms with van der Waals surface area (Å²) < 4.78 is 12.9. The average Bonchev–Trinajstić information content (AvgIpc) is 3.23. The number of rotatable bonds is 7. The number of methoxy groups -OCH3 is 1.